The van der Waals surface area contributed by atoms with Gasteiger partial charge in [0.25, 0.3) is 0 Å². The predicted molar refractivity (Wildman–Crippen MR) is 140 cm³/mol. The van der Waals surface area contributed by atoms with Crippen LogP contribution in [0.25, 0.3) is 0 Å². The first-order valence-electron chi connectivity index (χ1n) is 14.5. The maximum Gasteiger partial charge on any atom is 0.302 e. The number of allylic oxidation sites excluding steroid dienone is 1. The molecule has 0 saturated heterocycles. The second-order valence-corrected chi connectivity index (χ2v) is 15.3. The van der Waals surface area contributed by atoms with Gasteiger partial charge in [0.2, 0.25) is 0 Å². The number of ether oxygens (including phenoxy) is 1. The fourth-order valence-electron chi connectivity index (χ4n) is 11.9. The average molecular weight is 469 g/mol. The van der Waals surface area contributed by atoms with E-state index in [-0.39, 0.29) is 17.5 Å². The molecule has 0 N–H and O–H groups in total. The maximum atomic E-state index is 11.9. The molecule has 5 saturated carbocycles. The molecule has 0 aromatic carbocycles. The molecule has 0 heterocycles. The van der Waals surface area contributed by atoms with E-state index in [1.54, 1.807) is 6.92 Å². The van der Waals surface area contributed by atoms with Crippen molar-refractivity contribution in [3.05, 3.63) is 12.2 Å². The Morgan fingerprint density at radius 1 is 0.765 bits per heavy atom. The van der Waals surface area contributed by atoms with E-state index in [0.717, 1.165) is 30.1 Å². The van der Waals surface area contributed by atoms with Crippen molar-refractivity contribution in [1.82, 2.24) is 0 Å². The van der Waals surface area contributed by atoms with E-state index in [4.69, 9.17) is 4.74 Å². The minimum Gasteiger partial charge on any atom is -0.462 e. The predicted octanol–water partition coefficient (Wildman–Crippen LogP) is 8.60. The van der Waals surface area contributed by atoms with Crippen LogP contribution in [0.15, 0.2) is 12.2 Å². The quantitative estimate of drug-likeness (QED) is 0.299. The van der Waals surface area contributed by atoms with Gasteiger partial charge in [-0.2, -0.15) is 0 Å². The number of rotatable bonds is 2. The van der Waals surface area contributed by atoms with Crippen LogP contribution in [-0.2, 0) is 9.53 Å². The number of hydrogen-bond donors (Lipinski definition) is 0. The molecule has 0 amide bonds. The average Bonchev–Trinajstić information content (AvgIpc) is 3.08. The zero-order chi connectivity index (χ0) is 24.9. The van der Waals surface area contributed by atoms with E-state index in [1.165, 1.54) is 63.4 Å². The number of esters is 1. The largest absolute Gasteiger partial charge is 0.462 e. The summed E-state index contributed by atoms with van der Waals surface area (Å²) in [7, 11) is 0. The van der Waals surface area contributed by atoms with Crippen LogP contribution >= 0.6 is 0 Å². The molecule has 0 aromatic heterocycles. The van der Waals surface area contributed by atoms with Crippen molar-refractivity contribution in [2.24, 2.45) is 56.7 Å². The molecule has 5 aliphatic carbocycles. The molecule has 0 radical (unpaired) electrons. The highest BCUT2D eigenvalue weighted by Crippen LogP contribution is 2.77. The van der Waals surface area contributed by atoms with Gasteiger partial charge in [0, 0.05) is 12.3 Å². The van der Waals surface area contributed by atoms with E-state index in [9.17, 15) is 4.79 Å². The monoisotopic (exact) mass is 468 g/mol. The molecular weight excluding hydrogens is 416 g/mol. The van der Waals surface area contributed by atoms with Crippen LogP contribution in [0.5, 0.6) is 0 Å². The summed E-state index contributed by atoms with van der Waals surface area (Å²) in [6.45, 7) is 23.9. The lowest BCUT2D eigenvalue weighted by Gasteiger charge is -2.73. The van der Waals surface area contributed by atoms with Crippen molar-refractivity contribution in [1.29, 1.82) is 0 Å². The van der Waals surface area contributed by atoms with Crippen LogP contribution in [0.2, 0.25) is 0 Å². The SMILES string of the molecule is C=C(C)[C@@H]1CC[C@]2(C)CC[C@]3(C)[C@H](CC[C@@H]4[C@]5(C)CC[C@@H](OC(C)=O)C(C)(C)[C@@H]5CC[C@@]43C)[C@@H]12. The molecule has 0 aromatic rings. The molecule has 5 aliphatic rings. The van der Waals surface area contributed by atoms with Crippen LogP contribution in [0.3, 0.4) is 0 Å². The first kappa shape index (κ1) is 24.9. The lowest BCUT2D eigenvalue weighted by molar-refractivity contribution is -0.248. The third-order valence-electron chi connectivity index (χ3n) is 13.7. The third-order valence-corrected chi connectivity index (χ3v) is 13.7. The molecule has 10 atom stereocenters. The zero-order valence-corrected chi connectivity index (χ0v) is 23.6. The molecule has 2 nitrogen and oxygen atoms in total. The first-order valence-corrected chi connectivity index (χ1v) is 14.5. The Bertz CT molecular complexity index is 872. The molecule has 0 spiro atoms. The van der Waals surface area contributed by atoms with Gasteiger partial charge in [0.15, 0.2) is 0 Å². The maximum absolute atomic E-state index is 11.9. The van der Waals surface area contributed by atoms with Crippen LogP contribution in [-0.4, -0.2) is 12.1 Å². The number of hydrogen-bond acceptors (Lipinski definition) is 2. The minimum atomic E-state index is -0.107. The summed E-state index contributed by atoms with van der Waals surface area (Å²) in [5.41, 5.74) is 3.23. The lowest BCUT2D eigenvalue weighted by atomic mass is 9.32. The highest BCUT2D eigenvalue weighted by Gasteiger charge is 2.70. The lowest BCUT2D eigenvalue weighted by Crippen LogP contribution is -2.66. The Labute approximate surface area is 210 Å². The van der Waals surface area contributed by atoms with Gasteiger partial charge >= 0.3 is 5.97 Å². The number of carbonyl (C=O) groups excluding carboxylic acids is 1. The van der Waals surface area contributed by atoms with Gasteiger partial charge < -0.3 is 4.74 Å². The number of fused-ring (bicyclic) bond motifs is 7. The third kappa shape index (κ3) is 3.08. The fraction of sp³-hybridized carbons (Fsp3) is 0.906. The van der Waals surface area contributed by atoms with Crippen LogP contribution < -0.4 is 0 Å². The minimum absolute atomic E-state index is 0.0550. The van der Waals surface area contributed by atoms with Crippen molar-refractivity contribution in [3.8, 4) is 0 Å². The van der Waals surface area contributed by atoms with Crippen molar-refractivity contribution >= 4 is 5.97 Å². The highest BCUT2D eigenvalue weighted by molar-refractivity contribution is 5.66. The topological polar surface area (TPSA) is 26.3 Å². The fourth-order valence-corrected chi connectivity index (χ4v) is 11.9. The Morgan fingerprint density at radius 3 is 2.12 bits per heavy atom. The summed E-state index contributed by atoms with van der Waals surface area (Å²) in [4.78, 5) is 11.9. The summed E-state index contributed by atoms with van der Waals surface area (Å²) < 4.78 is 5.91. The summed E-state index contributed by atoms with van der Waals surface area (Å²) >= 11 is 0. The first-order chi connectivity index (χ1) is 15.7. The summed E-state index contributed by atoms with van der Waals surface area (Å²) in [5.74, 6) is 3.74. The van der Waals surface area contributed by atoms with E-state index >= 15 is 0 Å². The molecule has 5 fully saturated rings. The Morgan fingerprint density at radius 2 is 1.47 bits per heavy atom. The molecular formula is C32H52O2. The summed E-state index contributed by atoms with van der Waals surface area (Å²) in [5, 5.41) is 0. The van der Waals surface area contributed by atoms with Crippen molar-refractivity contribution in [2.75, 3.05) is 0 Å². The van der Waals surface area contributed by atoms with Crippen molar-refractivity contribution in [3.63, 3.8) is 0 Å². The Balaban J connectivity index is 1.50. The number of carbonyl (C=O) groups is 1. The van der Waals surface area contributed by atoms with Gasteiger partial charge in [-0.15, -0.1) is 0 Å². The van der Waals surface area contributed by atoms with Crippen LogP contribution in [0.1, 0.15) is 120 Å². The molecule has 2 heteroatoms. The van der Waals surface area contributed by atoms with Crippen LogP contribution in [0, 0.1) is 56.7 Å². The summed E-state index contributed by atoms with van der Waals surface area (Å²) in [6, 6.07) is 0. The standard InChI is InChI=1S/C32H52O2/c1-20(2)22-12-15-29(6)18-19-31(8)23(27(22)29)10-11-25-30(7)16-14-26(34-21(3)33)28(4,5)24(30)13-17-32(25,31)9/h22-27H,1,10-19H2,2-9H3/t22-,23+,24-,25+,26+,27+,29+,30+,31+,32-/m0/s1. The van der Waals surface area contributed by atoms with Gasteiger partial charge in [0.05, 0.1) is 0 Å². The molecule has 192 valence electrons. The summed E-state index contributed by atoms with van der Waals surface area (Å²) in [6.07, 6.45) is 13.4. The Kier molecular flexibility index (Phi) is 5.57. The van der Waals surface area contributed by atoms with Gasteiger partial charge in [-0.1, -0.05) is 53.7 Å². The Hall–Kier alpha value is -0.790. The van der Waals surface area contributed by atoms with E-state index in [1.807, 2.05) is 0 Å². The van der Waals surface area contributed by atoms with E-state index in [2.05, 4.69) is 55.0 Å². The molecule has 0 unspecified atom stereocenters. The molecule has 0 bridgehead atoms. The van der Waals surface area contributed by atoms with Gasteiger partial charge in [-0.05, 0) is 122 Å². The van der Waals surface area contributed by atoms with E-state index in [0.29, 0.717) is 27.6 Å². The second kappa shape index (κ2) is 7.61. The van der Waals surface area contributed by atoms with Gasteiger partial charge in [-0.25, -0.2) is 0 Å². The van der Waals surface area contributed by atoms with Gasteiger partial charge in [0.1, 0.15) is 6.10 Å². The van der Waals surface area contributed by atoms with E-state index < -0.39 is 0 Å². The molecule has 0 aliphatic heterocycles. The normalized spacial score (nSPS) is 53.6. The molecule has 5 rings (SSSR count). The van der Waals surface area contributed by atoms with Crippen molar-refractivity contribution in [2.45, 2.75) is 126 Å². The molecule has 34 heavy (non-hydrogen) atoms. The van der Waals surface area contributed by atoms with Crippen LogP contribution in [0.4, 0.5) is 0 Å². The smallest absolute Gasteiger partial charge is 0.302 e. The van der Waals surface area contributed by atoms with Gasteiger partial charge in [-0.3, -0.25) is 4.79 Å². The second-order valence-electron chi connectivity index (χ2n) is 15.3. The zero-order valence-electron chi connectivity index (χ0n) is 23.6. The highest BCUT2D eigenvalue weighted by atomic mass is 16.5. The van der Waals surface area contributed by atoms with Crippen molar-refractivity contribution < 1.29 is 9.53 Å².